The molecule has 1 N–H and O–H groups in total. The van der Waals surface area contributed by atoms with Gasteiger partial charge < -0.3 is 28.4 Å². The van der Waals surface area contributed by atoms with E-state index in [2.05, 4.69) is 15.5 Å². The van der Waals surface area contributed by atoms with Crippen LogP contribution in [0.5, 0.6) is 34.5 Å². The molecule has 0 saturated heterocycles. The van der Waals surface area contributed by atoms with Crippen LogP contribution in [0.3, 0.4) is 0 Å². The van der Waals surface area contributed by atoms with Gasteiger partial charge >= 0.3 is 0 Å². The average molecular weight is 488 g/mol. The average Bonchev–Trinajstić information content (AvgIpc) is 3.33. The number of ether oxygens (including phenoxy) is 6. The van der Waals surface area contributed by atoms with Gasteiger partial charge in [-0.3, -0.25) is 10.1 Å². The number of rotatable bonds is 10. The molecule has 1 heterocycles. The van der Waals surface area contributed by atoms with Crippen LogP contribution in [0.1, 0.15) is 5.56 Å². The minimum Gasteiger partial charge on any atom is -0.493 e. The Balaban J connectivity index is 1.77. The number of anilines is 1. The van der Waals surface area contributed by atoms with Crippen LogP contribution in [0.15, 0.2) is 30.3 Å². The summed E-state index contributed by atoms with van der Waals surface area (Å²) >= 11 is 1.21. The molecule has 0 aliphatic rings. The second-order valence-electron chi connectivity index (χ2n) is 6.61. The minimum absolute atomic E-state index is 0.336. The fourth-order valence-corrected chi connectivity index (χ4v) is 3.85. The summed E-state index contributed by atoms with van der Waals surface area (Å²) in [5, 5.41) is 11.8. The van der Waals surface area contributed by atoms with Gasteiger partial charge in [0.05, 0.1) is 42.7 Å². The normalized spacial score (nSPS) is 10.6. The Morgan fingerprint density at radius 3 is 1.74 bits per heavy atom. The molecule has 34 heavy (non-hydrogen) atoms. The summed E-state index contributed by atoms with van der Waals surface area (Å²) in [5.74, 6) is 2.53. The Hall–Kier alpha value is -3.99. The van der Waals surface area contributed by atoms with E-state index in [1.165, 1.54) is 60.1 Å². The molecule has 180 valence electrons. The smallest absolute Gasteiger partial charge is 0.250 e. The number of hydrogen-bond acceptors (Lipinski definition) is 10. The number of aromatic nitrogens is 2. The summed E-state index contributed by atoms with van der Waals surface area (Å²) < 4.78 is 32.1. The highest BCUT2D eigenvalue weighted by Gasteiger charge is 2.17. The first-order valence-electron chi connectivity index (χ1n) is 9.90. The monoisotopic (exact) mass is 487 g/mol. The van der Waals surface area contributed by atoms with Crippen LogP contribution >= 0.6 is 11.3 Å². The molecule has 3 rings (SSSR count). The molecule has 0 aliphatic heterocycles. The highest BCUT2D eigenvalue weighted by Crippen LogP contribution is 2.42. The van der Waals surface area contributed by atoms with Gasteiger partial charge in [-0.2, -0.15) is 0 Å². The number of nitrogens with one attached hydrogen (secondary N) is 1. The van der Waals surface area contributed by atoms with Gasteiger partial charge in [-0.15, -0.1) is 10.2 Å². The second-order valence-corrected chi connectivity index (χ2v) is 7.59. The summed E-state index contributed by atoms with van der Waals surface area (Å²) in [6.07, 6.45) is 3.00. The number of nitrogens with zero attached hydrogens (tertiary/aromatic N) is 2. The molecule has 11 heteroatoms. The van der Waals surface area contributed by atoms with E-state index < -0.39 is 0 Å². The van der Waals surface area contributed by atoms with E-state index in [9.17, 15) is 4.79 Å². The first-order chi connectivity index (χ1) is 16.5. The largest absolute Gasteiger partial charge is 0.493 e. The molecule has 0 fully saturated rings. The third kappa shape index (κ3) is 5.31. The molecule has 0 bridgehead atoms. The number of carbonyl (C=O) groups is 1. The molecule has 0 unspecified atom stereocenters. The molecular formula is C23H25N3O7S. The molecule has 3 aromatic rings. The molecular weight excluding hydrogens is 462 g/mol. The molecule has 0 aliphatic carbocycles. The van der Waals surface area contributed by atoms with Crippen LogP contribution in [-0.2, 0) is 4.79 Å². The fourth-order valence-electron chi connectivity index (χ4n) is 3.11. The van der Waals surface area contributed by atoms with Gasteiger partial charge in [0.15, 0.2) is 23.0 Å². The van der Waals surface area contributed by atoms with E-state index in [0.29, 0.717) is 55.8 Å². The van der Waals surface area contributed by atoms with Crippen LogP contribution < -0.4 is 33.7 Å². The molecule has 0 spiro atoms. The lowest BCUT2D eigenvalue weighted by molar-refractivity contribution is -0.111. The van der Waals surface area contributed by atoms with Gasteiger partial charge in [0.25, 0.3) is 0 Å². The van der Waals surface area contributed by atoms with Crippen LogP contribution in [-0.4, -0.2) is 58.8 Å². The van der Waals surface area contributed by atoms with E-state index >= 15 is 0 Å². The van der Waals surface area contributed by atoms with Gasteiger partial charge in [0.1, 0.15) is 5.01 Å². The molecule has 0 atom stereocenters. The van der Waals surface area contributed by atoms with E-state index in [4.69, 9.17) is 28.4 Å². The summed E-state index contributed by atoms with van der Waals surface area (Å²) in [4.78, 5) is 12.4. The van der Waals surface area contributed by atoms with Gasteiger partial charge in [-0.25, -0.2) is 0 Å². The van der Waals surface area contributed by atoms with Crippen molar-refractivity contribution in [2.24, 2.45) is 0 Å². The molecule has 1 aromatic heterocycles. The zero-order valence-corrected chi connectivity index (χ0v) is 20.4. The Kier molecular flexibility index (Phi) is 8.14. The zero-order chi connectivity index (χ0) is 24.7. The number of benzene rings is 2. The van der Waals surface area contributed by atoms with E-state index in [1.54, 1.807) is 30.3 Å². The van der Waals surface area contributed by atoms with Crippen molar-refractivity contribution in [3.63, 3.8) is 0 Å². The van der Waals surface area contributed by atoms with Gasteiger partial charge in [-0.1, -0.05) is 11.3 Å². The van der Waals surface area contributed by atoms with Crippen LogP contribution in [0.4, 0.5) is 5.13 Å². The lowest BCUT2D eigenvalue weighted by atomic mass is 10.1. The van der Waals surface area contributed by atoms with Crippen molar-refractivity contribution >= 4 is 28.5 Å². The quantitative estimate of drug-likeness (QED) is 0.426. The highest BCUT2D eigenvalue weighted by molar-refractivity contribution is 7.18. The van der Waals surface area contributed by atoms with E-state index in [-0.39, 0.29) is 5.91 Å². The van der Waals surface area contributed by atoms with Crippen molar-refractivity contribution in [2.45, 2.75) is 0 Å². The molecule has 10 nitrogen and oxygen atoms in total. The molecule has 1 amide bonds. The summed E-state index contributed by atoms with van der Waals surface area (Å²) in [6, 6.07) is 6.99. The number of hydrogen-bond donors (Lipinski definition) is 1. The predicted octanol–water partition coefficient (Wildman–Crippen LogP) is 3.91. The maximum atomic E-state index is 12.4. The maximum absolute atomic E-state index is 12.4. The van der Waals surface area contributed by atoms with Crippen molar-refractivity contribution < 1.29 is 33.2 Å². The van der Waals surface area contributed by atoms with Crippen molar-refractivity contribution in [3.8, 4) is 45.1 Å². The Bertz CT molecular complexity index is 1140. The Morgan fingerprint density at radius 1 is 0.765 bits per heavy atom. The van der Waals surface area contributed by atoms with Gasteiger partial charge in [0, 0.05) is 11.6 Å². The third-order valence-corrected chi connectivity index (χ3v) is 5.57. The number of amides is 1. The van der Waals surface area contributed by atoms with Crippen molar-refractivity contribution in [1.82, 2.24) is 10.2 Å². The fraction of sp³-hybridized carbons (Fsp3) is 0.261. The standard InChI is InChI=1S/C23H25N3O7S/c1-28-15-9-13(10-16(29-2)20(15)32-5)7-8-19(27)24-23-26-25-22(34-23)14-11-17(30-3)21(33-6)18(12-14)31-4/h7-12H,1-6H3,(H,24,26,27)/b8-7+. The predicted molar refractivity (Wildman–Crippen MR) is 129 cm³/mol. The van der Waals surface area contributed by atoms with Gasteiger partial charge in [0.2, 0.25) is 22.5 Å². The first kappa shape index (κ1) is 24.6. The van der Waals surface area contributed by atoms with Gasteiger partial charge in [-0.05, 0) is 35.9 Å². The molecule has 2 aromatic carbocycles. The Labute approximate surface area is 201 Å². The Morgan fingerprint density at radius 2 is 1.26 bits per heavy atom. The van der Waals surface area contributed by atoms with Crippen LogP contribution in [0.2, 0.25) is 0 Å². The summed E-state index contributed by atoms with van der Waals surface area (Å²) in [7, 11) is 9.18. The van der Waals surface area contributed by atoms with Crippen LogP contribution in [0.25, 0.3) is 16.6 Å². The summed E-state index contributed by atoms with van der Waals surface area (Å²) in [5.41, 5.74) is 1.40. The summed E-state index contributed by atoms with van der Waals surface area (Å²) in [6.45, 7) is 0. The molecule has 0 radical (unpaired) electrons. The van der Waals surface area contributed by atoms with Crippen molar-refractivity contribution in [3.05, 3.63) is 35.9 Å². The topological polar surface area (TPSA) is 110 Å². The van der Waals surface area contributed by atoms with E-state index in [0.717, 1.165) is 0 Å². The lowest BCUT2D eigenvalue weighted by Crippen LogP contribution is -2.07. The zero-order valence-electron chi connectivity index (χ0n) is 19.6. The molecule has 0 saturated carbocycles. The third-order valence-electron chi connectivity index (χ3n) is 4.68. The SMILES string of the molecule is COc1cc(/C=C/C(=O)Nc2nnc(-c3cc(OC)c(OC)c(OC)c3)s2)cc(OC)c1OC. The maximum Gasteiger partial charge on any atom is 0.250 e. The van der Waals surface area contributed by atoms with Crippen molar-refractivity contribution in [1.29, 1.82) is 0 Å². The number of carbonyl (C=O) groups excluding carboxylic acids is 1. The first-order valence-corrected chi connectivity index (χ1v) is 10.7. The van der Waals surface area contributed by atoms with Crippen LogP contribution in [0, 0.1) is 0 Å². The van der Waals surface area contributed by atoms with E-state index in [1.807, 2.05) is 0 Å². The van der Waals surface area contributed by atoms with Crippen molar-refractivity contribution in [2.75, 3.05) is 48.0 Å². The highest BCUT2D eigenvalue weighted by atomic mass is 32.1. The second kappa shape index (κ2) is 11.2. The lowest BCUT2D eigenvalue weighted by Gasteiger charge is -2.13. The minimum atomic E-state index is -0.374. The number of methoxy groups -OCH3 is 6.